The molecular weight excluding hydrogens is 467 g/mol. The molecule has 2 aromatic carbocycles. The quantitative estimate of drug-likeness (QED) is 0.401. The molecule has 0 saturated heterocycles. The Morgan fingerprint density at radius 1 is 1.06 bits per heavy atom. The van der Waals surface area contributed by atoms with Crippen molar-refractivity contribution in [2.24, 2.45) is 5.73 Å². The van der Waals surface area contributed by atoms with Crippen LogP contribution in [0.2, 0.25) is 0 Å². The first-order valence-electron chi connectivity index (χ1n) is 10.3. The van der Waals surface area contributed by atoms with Gasteiger partial charge in [-0.2, -0.15) is 13.2 Å². The van der Waals surface area contributed by atoms with Gasteiger partial charge in [0.25, 0.3) is 5.91 Å². The summed E-state index contributed by atoms with van der Waals surface area (Å²) < 4.78 is 40.5. The Kier molecular flexibility index (Phi) is 7.56. The van der Waals surface area contributed by atoms with E-state index >= 15 is 0 Å². The van der Waals surface area contributed by atoms with E-state index in [1.807, 2.05) is 12.1 Å². The first kappa shape index (κ1) is 25.5. The van der Waals surface area contributed by atoms with Crippen molar-refractivity contribution in [3.63, 3.8) is 0 Å². The Balaban J connectivity index is 1.80. The molecule has 0 aromatic heterocycles. The van der Waals surface area contributed by atoms with Crippen LogP contribution in [0.15, 0.2) is 42.5 Å². The van der Waals surface area contributed by atoms with Crippen LogP contribution >= 0.6 is 0 Å². The van der Waals surface area contributed by atoms with Crippen LogP contribution in [0.1, 0.15) is 33.5 Å². The highest BCUT2D eigenvalue weighted by Gasteiger charge is 2.42. The Bertz CT molecular complexity index is 1230. The minimum Gasteiger partial charge on any atom is -0.386 e. The minimum absolute atomic E-state index is 0.128. The van der Waals surface area contributed by atoms with Crippen LogP contribution in [0.3, 0.4) is 0 Å². The van der Waals surface area contributed by atoms with E-state index in [9.17, 15) is 32.3 Å². The molecule has 0 spiro atoms. The van der Waals surface area contributed by atoms with Gasteiger partial charge in [0, 0.05) is 31.3 Å². The number of likely N-dealkylation sites (N-methyl/N-ethyl adjacent to an activating group) is 1. The normalized spacial score (nSPS) is 13.5. The number of esters is 2. The van der Waals surface area contributed by atoms with Crippen LogP contribution in [0.5, 0.6) is 0 Å². The lowest BCUT2D eigenvalue weighted by Crippen LogP contribution is -2.39. The largest absolute Gasteiger partial charge is 0.491 e. The number of nitrogens with zero attached hydrogens (tertiary/aromatic N) is 2. The van der Waals surface area contributed by atoms with Crippen molar-refractivity contribution in [3.05, 3.63) is 64.7 Å². The van der Waals surface area contributed by atoms with Gasteiger partial charge in [-0.1, -0.05) is 24.0 Å². The van der Waals surface area contributed by atoms with Gasteiger partial charge in [0.05, 0.1) is 17.7 Å². The zero-order valence-electron chi connectivity index (χ0n) is 18.5. The van der Waals surface area contributed by atoms with Crippen molar-refractivity contribution in [1.29, 1.82) is 0 Å². The highest BCUT2D eigenvalue weighted by atomic mass is 19.4. The highest BCUT2D eigenvalue weighted by Crippen LogP contribution is 2.26. The molecule has 1 aliphatic rings. The number of hydrogen-bond acceptors (Lipinski definition) is 6. The maximum Gasteiger partial charge on any atom is 0.491 e. The monoisotopic (exact) mass is 487 g/mol. The predicted molar refractivity (Wildman–Crippen MR) is 118 cm³/mol. The molecular formula is C24H20F3N3O5. The molecule has 0 bridgehead atoms. The number of halogens is 3. The second kappa shape index (κ2) is 10.4. The predicted octanol–water partition coefficient (Wildman–Crippen LogP) is 1.99. The smallest absolute Gasteiger partial charge is 0.386 e. The number of fused-ring (bicyclic) bond motifs is 1. The number of benzene rings is 2. The number of alkyl halides is 3. The zero-order valence-corrected chi connectivity index (χ0v) is 18.5. The van der Waals surface area contributed by atoms with Crippen LogP contribution < -0.4 is 10.6 Å². The van der Waals surface area contributed by atoms with E-state index in [0.29, 0.717) is 17.8 Å². The number of carbonyl (C=O) groups excluding carboxylic acids is 4. The van der Waals surface area contributed by atoms with Crippen molar-refractivity contribution in [2.45, 2.75) is 19.1 Å². The number of carbonyl (C=O) groups is 4. The Morgan fingerprint density at radius 2 is 1.69 bits per heavy atom. The van der Waals surface area contributed by atoms with Crippen molar-refractivity contribution < 1.29 is 37.1 Å². The number of nitrogens with two attached hydrogens (primary N) is 1. The highest BCUT2D eigenvalue weighted by molar-refractivity contribution is 6.09. The lowest BCUT2D eigenvalue weighted by atomic mass is 10.1. The third-order valence-electron chi connectivity index (χ3n) is 5.14. The fourth-order valence-electron chi connectivity index (χ4n) is 3.21. The standard InChI is InChI=1S/C24H20F3N3O5/c1-29-19-9-8-16(5-2-15-3-6-17(13-28)7-4-15)12-18(19)22(33)30(14-20(29)31)11-10-21(32)35-23(34)24(25,26)27/h3-4,6-9,12H,10-11,13-14,28H2,1H3. The molecule has 0 unspecified atom stereocenters. The zero-order chi connectivity index (χ0) is 25.8. The average molecular weight is 487 g/mol. The van der Waals surface area contributed by atoms with E-state index in [0.717, 1.165) is 16.0 Å². The van der Waals surface area contributed by atoms with Crippen molar-refractivity contribution in [2.75, 3.05) is 25.0 Å². The second-order valence-corrected chi connectivity index (χ2v) is 7.57. The van der Waals surface area contributed by atoms with E-state index in [1.54, 1.807) is 24.3 Å². The van der Waals surface area contributed by atoms with E-state index in [2.05, 4.69) is 16.6 Å². The lowest BCUT2D eigenvalue weighted by molar-refractivity contribution is -0.201. The molecule has 0 fully saturated rings. The summed E-state index contributed by atoms with van der Waals surface area (Å²) in [4.78, 5) is 50.3. The average Bonchev–Trinajstić information content (AvgIpc) is 2.91. The molecule has 0 saturated carbocycles. The van der Waals surface area contributed by atoms with Crippen LogP contribution in [-0.4, -0.2) is 55.0 Å². The SMILES string of the molecule is CN1C(=O)CN(CCC(=O)OC(=O)C(F)(F)F)C(=O)c2cc(C#Cc3ccc(CN)cc3)ccc21. The topological polar surface area (TPSA) is 110 Å². The molecule has 11 heteroatoms. The van der Waals surface area contributed by atoms with Crippen LogP contribution in [-0.2, 0) is 25.7 Å². The summed E-state index contributed by atoms with van der Waals surface area (Å²) in [6, 6.07) is 12.0. The van der Waals surface area contributed by atoms with Crippen LogP contribution in [0, 0.1) is 11.8 Å². The van der Waals surface area contributed by atoms with E-state index < -0.39 is 49.4 Å². The first-order valence-corrected chi connectivity index (χ1v) is 10.3. The van der Waals surface area contributed by atoms with Gasteiger partial charge in [-0.15, -0.1) is 0 Å². The summed E-state index contributed by atoms with van der Waals surface area (Å²) in [5.41, 5.74) is 8.18. The molecule has 2 aromatic rings. The molecule has 1 heterocycles. The summed E-state index contributed by atoms with van der Waals surface area (Å²) in [5, 5.41) is 0. The molecule has 182 valence electrons. The van der Waals surface area contributed by atoms with Crippen molar-refractivity contribution >= 4 is 29.4 Å². The van der Waals surface area contributed by atoms with Gasteiger partial charge in [0.2, 0.25) is 5.91 Å². The second-order valence-electron chi connectivity index (χ2n) is 7.57. The Morgan fingerprint density at radius 3 is 2.31 bits per heavy atom. The summed E-state index contributed by atoms with van der Waals surface area (Å²) in [6.45, 7) is -0.441. The summed E-state index contributed by atoms with van der Waals surface area (Å²) in [7, 11) is 1.47. The van der Waals surface area contributed by atoms with Crippen LogP contribution in [0.4, 0.5) is 18.9 Å². The third-order valence-corrected chi connectivity index (χ3v) is 5.14. The maximum absolute atomic E-state index is 13.1. The third kappa shape index (κ3) is 6.24. The summed E-state index contributed by atoms with van der Waals surface area (Å²) in [5.74, 6) is 0.701. The fraction of sp³-hybridized carbons (Fsp3) is 0.250. The van der Waals surface area contributed by atoms with Gasteiger partial charge in [-0.3, -0.25) is 14.4 Å². The van der Waals surface area contributed by atoms with Crippen molar-refractivity contribution in [1.82, 2.24) is 4.90 Å². The molecule has 8 nitrogen and oxygen atoms in total. The fourth-order valence-corrected chi connectivity index (χ4v) is 3.21. The van der Waals surface area contributed by atoms with Gasteiger partial charge in [0.1, 0.15) is 6.54 Å². The molecule has 2 amide bonds. The molecule has 2 N–H and O–H groups in total. The number of hydrogen-bond donors (Lipinski definition) is 1. The minimum atomic E-state index is -5.32. The lowest BCUT2D eigenvalue weighted by Gasteiger charge is -2.19. The molecule has 0 aliphatic carbocycles. The summed E-state index contributed by atoms with van der Waals surface area (Å²) in [6.07, 6.45) is -6.03. The van der Waals surface area contributed by atoms with E-state index in [1.165, 1.54) is 18.0 Å². The molecule has 0 radical (unpaired) electrons. The van der Waals surface area contributed by atoms with E-state index in [4.69, 9.17) is 5.73 Å². The number of ether oxygens (including phenoxy) is 1. The van der Waals surface area contributed by atoms with Gasteiger partial charge in [-0.05, 0) is 35.9 Å². The molecule has 3 rings (SSSR count). The molecule has 35 heavy (non-hydrogen) atoms. The Hall–Kier alpha value is -4.17. The van der Waals surface area contributed by atoms with Gasteiger partial charge in [-0.25, -0.2) is 4.79 Å². The maximum atomic E-state index is 13.1. The molecule has 0 atom stereocenters. The van der Waals surface area contributed by atoms with E-state index in [-0.39, 0.29) is 5.56 Å². The van der Waals surface area contributed by atoms with Crippen LogP contribution in [0.25, 0.3) is 0 Å². The number of anilines is 1. The van der Waals surface area contributed by atoms with Gasteiger partial charge >= 0.3 is 18.1 Å². The number of amides is 2. The Labute approximate surface area is 198 Å². The molecule has 1 aliphatic heterocycles. The first-order chi connectivity index (χ1) is 16.5. The van der Waals surface area contributed by atoms with Crippen molar-refractivity contribution in [3.8, 4) is 11.8 Å². The van der Waals surface area contributed by atoms with Gasteiger partial charge < -0.3 is 20.3 Å². The number of rotatable bonds is 4. The van der Waals surface area contributed by atoms with Gasteiger partial charge in [0.15, 0.2) is 0 Å². The summed E-state index contributed by atoms with van der Waals surface area (Å²) >= 11 is 0.